The molecule has 1 fully saturated rings. The third-order valence-corrected chi connectivity index (χ3v) is 4.30. The highest BCUT2D eigenvalue weighted by molar-refractivity contribution is 5.85. The first kappa shape index (κ1) is 17.6. The third-order valence-electron chi connectivity index (χ3n) is 4.30. The van der Waals surface area contributed by atoms with Gasteiger partial charge >= 0.3 is 0 Å². The highest BCUT2D eigenvalue weighted by Gasteiger charge is 2.25. The van der Waals surface area contributed by atoms with Gasteiger partial charge in [0.15, 0.2) is 6.61 Å². The summed E-state index contributed by atoms with van der Waals surface area (Å²) in [7, 11) is 0. The number of hydrogen-bond acceptors (Lipinski definition) is 3. The molecule has 1 unspecified atom stereocenters. The van der Waals surface area contributed by atoms with Crippen molar-refractivity contribution in [3.8, 4) is 5.75 Å². The molecule has 0 aromatic heterocycles. The smallest absolute Gasteiger partial charge is 0.260 e. The van der Waals surface area contributed by atoms with Crippen molar-refractivity contribution in [1.82, 2.24) is 4.90 Å². The molecule has 1 aliphatic heterocycles. The molecule has 124 valence electrons. The van der Waals surface area contributed by atoms with Crippen LogP contribution in [0.3, 0.4) is 0 Å². The van der Waals surface area contributed by atoms with Gasteiger partial charge in [0.05, 0.1) is 0 Å². The van der Waals surface area contributed by atoms with Gasteiger partial charge in [-0.1, -0.05) is 30.3 Å². The van der Waals surface area contributed by atoms with E-state index in [0.29, 0.717) is 6.54 Å². The van der Waals surface area contributed by atoms with Gasteiger partial charge in [-0.25, -0.2) is 0 Å². The summed E-state index contributed by atoms with van der Waals surface area (Å²) in [4.78, 5) is 14.2. The molecule has 0 spiro atoms. The third kappa shape index (κ3) is 4.15. The number of rotatable bonds is 4. The maximum atomic E-state index is 12.3. The van der Waals surface area contributed by atoms with Crippen LogP contribution in [0.15, 0.2) is 42.5 Å². The Hall–Kier alpha value is -1.78. The lowest BCUT2D eigenvalue weighted by molar-refractivity contribution is -0.136. The monoisotopic (exact) mass is 334 g/mol. The van der Waals surface area contributed by atoms with E-state index >= 15 is 0 Å². The van der Waals surface area contributed by atoms with Gasteiger partial charge < -0.3 is 15.4 Å². The summed E-state index contributed by atoms with van der Waals surface area (Å²) in [6.07, 6.45) is 3.20. The average molecular weight is 335 g/mol. The van der Waals surface area contributed by atoms with Crippen molar-refractivity contribution in [3.63, 3.8) is 0 Å². The summed E-state index contributed by atoms with van der Waals surface area (Å²) in [5.41, 5.74) is 5.77. The minimum Gasteiger partial charge on any atom is -0.484 e. The van der Waals surface area contributed by atoms with Crippen molar-refractivity contribution < 1.29 is 9.53 Å². The van der Waals surface area contributed by atoms with Gasteiger partial charge in [-0.2, -0.15) is 0 Å². The van der Waals surface area contributed by atoms with E-state index in [1.165, 1.54) is 5.39 Å². The van der Waals surface area contributed by atoms with Crippen LogP contribution in [-0.2, 0) is 4.79 Å². The normalized spacial score (nSPS) is 17.6. The van der Waals surface area contributed by atoms with Crippen LogP contribution in [0.5, 0.6) is 5.75 Å². The zero-order valence-electron chi connectivity index (χ0n) is 13.1. The lowest BCUT2D eigenvalue weighted by Gasteiger charge is -2.34. The Labute approximate surface area is 143 Å². The van der Waals surface area contributed by atoms with Crippen LogP contribution in [0.1, 0.15) is 19.3 Å². The van der Waals surface area contributed by atoms with Crippen molar-refractivity contribution in [2.45, 2.75) is 25.3 Å². The van der Waals surface area contributed by atoms with Crippen molar-refractivity contribution in [2.24, 2.45) is 5.73 Å². The first-order chi connectivity index (χ1) is 10.8. The molecule has 2 N–H and O–H groups in total. The Morgan fingerprint density at radius 1 is 1.17 bits per heavy atom. The molecular weight excluding hydrogens is 312 g/mol. The zero-order valence-corrected chi connectivity index (χ0v) is 13.9. The molecule has 1 amide bonds. The van der Waals surface area contributed by atoms with E-state index in [1.807, 2.05) is 41.3 Å². The van der Waals surface area contributed by atoms with E-state index in [9.17, 15) is 4.79 Å². The number of hydrogen-bond donors (Lipinski definition) is 1. The minimum atomic E-state index is 0. The number of carbonyl (C=O) groups is 1. The van der Waals surface area contributed by atoms with E-state index in [0.717, 1.165) is 36.9 Å². The van der Waals surface area contributed by atoms with Crippen LogP contribution < -0.4 is 10.5 Å². The van der Waals surface area contributed by atoms with E-state index in [4.69, 9.17) is 10.5 Å². The van der Waals surface area contributed by atoms with Crippen LogP contribution in [0, 0.1) is 0 Å². The number of benzene rings is 2. The molecule has 5 heteroatoms. The van der Waals surface area contributed by atoms with Crippen molar-refractivity contribution in [1.29, 1.82) is 0 Å². The largest absolute Gasteiger partial charge is 0.484 e. The van der Waals surface area contributed by atoms with Crippen LogP contribution in [0.25, 0.3) is 10.8 Å². The standard InChI is InChI=1S/C18H22N2O2.ClH/c19-12-16-7-3-4-10-20(16)18(21)13-22-17-9-8-14-5-1-2-6-15(14)11-17;/h1-2,5-6,8-9,11,16H,3-4,7,10,12-13,19H2;1H. The fourth-order valence-corrected chi connectivity index (χ4v) is 3.06. The second-order valence-corrected chi connectivity index (χ2v) is 5.77. The molecule has 23 heavy (non-hydrogen) atoms. The molecule has 1 heterocycles. The van der Waals surface area contributed by atoms with Gasteiger partial charge in [0.1, 0.15) is 5.75 Å². The fraction of sp³-hybridized carbons (Fsp3) is 0.389. The first-order valence-electron chi connectivity index (χ1n) is 7.89. The SMILES string of the molecule is Cl.NCC1CCCCN1C(=O)COc1ccc2ccccc2c1. The Morgan fingerprint density at radius 3 is 2.74 bits per heavy atom. The predicted molar refractivity (Wildman–Crippen MR) is 95.1 cm³/mol. The van der Waals surface area contributed by atoms with Crippen molar-refractivity contribution >= 4 is 29.1 Å². The highest BCUT2D eigenvalue weighted by Crippen LogP contribution is 2.21. The number of fused-ring (bicyclic) bond motifs is 1. The maximum Gasteiger partial charge on any atom is 0.260 e. The maximum absolute atomic E-state index is 12.3. The van der Waals surface area contributed by atoms with Crippen LogP contribution >= 0.6 is 12.4 Å². The van der Waals surface area contributed by atoms with Gasteiger partial charge in [-0.15, -0.1) is 12.4 Å². The molecule has 4 nitrogen and oxygen atoms in total. The molecule has 0 saturated carbocycles. The lowest BCUT2D eigenvalue weighted by atomic mass is 10.0. The van der Waals surface area contributed by atoms with Gasteiger partial charge in [0.25, 0.3) is 5.91 Å². The number of carbonyl (C=O) groups excluding carboxylic acids is 1. The number of nitrogens with two attached hydrogens (primary N) is 1. The predicted octanol–water partition coefficient (Wildman–Crippen LogP) is 2.98. The number of ether oxygens (including phenoxy) is 1. The summed E-state index contributed by atoms with van der Waals surface area (Å²) in [5, 5.41) is 2.28. The van der Waals surface area contributed by atoms with Gasteiger partial charge in [-0.3, -0.25) is 4.79 Å². The zero-order chi connectivity index (χ0) is 15.4. The summed E-state index contributed by atoms with van der Waals surface area (Å²) in [5.74, 6) is 0.761. The van der Waals surface area contributed by atoms with Crippen molar-refractivity contribution in [2.75, 3.05) is 19.7 Å². The van der Waals surface area contributed by atoms with Gasteiger partial charge in [0.2, 0.25) is 0 Å². The second kappa shape index (κ2) is 8.18. The fourth-order valence-electron chi connectivity index (χ4n) is 3.06. The number of nitrogens with zero attached hydrogens (tertiary/aromatic N) is 1. The second-order valence-electron chi connectivity index (χ2n) is 5.77. The molecule has 1 atom stereocenters. The summed E-state index contributed by atoms with van der Waals surface area (Å²) in [6, 6.07) is 14.2. The molecule has 1 aliphatic rings. The summed E-state index contributed by atoms with van der Waals surface area (Å²) >= 11 is 0. The molecule has 2 aromatic rings. The van der Waals surface area contributed by atoms with E-state index in [2.05, 4.69) is 6.07 Å². The average Bonchev–Trinajstić information content (AvgIpc) is 2.59. The van der Waals surface area contributed by atoms with E-state index < -0.39 is 0 Å². The number of halogens is 1. The first-order valence-corrected chi connectivity index (χ1v) is 7.89. The van der Waals surface area contributed by atoms with Crippen molar-refractivity contribution in [3.05, 3.63) is 42.5 Å². The van der Waals surface area contributed by atoms with Crippen LogP contribution in [-0.4, -0.2) is 36.5 Å². The summed E-state index contributed by atoms with van der Waals surface area (Å²) < 4.78 is 5.69. The molecule has 0 bridgehead atoms. The number of amides is 1. The topological polar surface area (TPSA) is 55.6 Å². The molecule has 0 radical (unpaired) electrons. The molecule has 2 aromatic carbocycles. The highest BCUT2D eigenvalue weighted by atomic mass is 35.5. The Balaban J connectivity index is 0.00000192. The van der Waals surface area contributed by atoms with Crippen LogP contribution in [0.4, 0.5) is 0 Å². The minimum absolute atomic E-state index is 0. The Bertz CT molecular complexity index is 662. The van der Waals surface area contributed by atoms with E-state index in [1.54, 1.807) is 0 Å². The number of likely N-dealkylation sites (tertiary alicyclic amines) is 1. The van der Waals surface area contributed by atoms with Crippen LogP contribution in [0.2, 0.25) is 0 Å². The molecule has 1 saturated heterocycles. The molecule has 3 rings (SSSR count). The Kier molecular flexibility index (Phi) is 6.25. The van der Waals surface area contributed by atoms with E-state index in [-0.39, 0.29) is 31.0 Å². The molecular formula is C18H23ClN2O2. The van der Waals surface area contributed by atoms with Gasteiger partial charge in [0, 0.05) is 19.1 Å². The Morgan fingerprint density at radius 2 is 1.96 bits per heavy atom. The lowest BCUT2D eigenvalue weighted by Crippen LogP contribution is -2.49. The summed E-state index contributed by atoms with van der Waals surface area (Å²) in [6.45, 7) is 1.40. The molecule has 0 aliphatic carbocycles. The van der Waals surface area contributed by atoms with Gasteiger partial charge in [-0.05, 0) is 42.2 Å². The quantitative estimate of drug-likeness (QED) is 0.935. The number of piperidine rings is 1.